The highest BCUT2D eigenvalue weighted by atomic mass is 32.2. The molecule has 1 saturated heterocycles. The second-order valence-electron chi connectivity index (χ2n) is 6.81. The van der Waals surface area contributed by atoms with E-state index in [1.54, 1.807) is 55.4 Å². The van der Waals surface area contributed by atoms with Crippen LogP contribution >= 0.6 is 0 Å². The van der Waals surface area contributed by atoms with Crippen molar-refractivity contribution < 1.29 is 13.2 Å². The summed E-state index contributed by atoms with van der Waals surface area (Å²) in [5.41, 5.74) is 0.663. The summed E-state index contributed by atoms with van der Waals surface area (Å²) in [5.74, 6) is 0.983. The summed E-state index contributed by atoms with van der Waals surface area (Å²) in [6, 6.07) is 9.76. The average molecular weight is 404 g/mol. The molecule has 3 rings (SSSR count). The highest BCUT2D eigenvalue weighted by molar-refractivity contribution is 7.89. The first kappa shape index (κ1) is 20.2. The zero-order valence-corrected chi connectivity index (χ0v) is 17.1. The Kier molecular flexibility index (Phi) is 5.95. The lowest BCUT2D eigenvalue weighted by molar-refractivity contribution is -0.128. The maximum atomic E-state index is 13.1. The van der Waals surface area contributed by atoms with Gasteiger partial charge < -0.3 is 10.2 Å². The molecular formula is C19H25N5O3S. The maximum Gasteiger partial charge on any atom is 0.243 e. The van der Waals surface area contributed by atoms with Gasteiger partial charge in [0.05, 0.1) is 23.2 Å². The van der Waals surface area contributed by atoms with Gasteiger partial charge in [0, 0.05) is 33.6 Å². The quantitative estimate of drug-likeness (QED) is 0.793. The molecule has 28 heavy (non-hydrogen) atoms. The molecule has 150 valence electrons. The Labute approximate surface area is 165 Å². The van der Waals surface area contributed by atoms with Gasteiger partial charge in [0.25, 0.3) is 0 Å². The topological polar surface area (TPSA) is 95.5 Å². The van der Waals surface area contributed by atoms with Crippen molar-refractivity contribution >= 4 is 21.7 Å². The summed E-state index contributed by atoms with van der Waals surface area (Å²) in [6.07, 6.45) is 1.40. The van der Waals surface area contributed by atoms with Crippen LogP contribution in [0.15, 0.2) is 41.3 Å². The van der Waals surface area contributed by atoms with Crippen LogP contribution in [-0.2, 0) is 21.4 Å². The van der Waals surface area contributed by atoms with E-state index in [4.69, 9.17) is 0 Å². The van der Waals surface area contributed by atoms with Gasteiger partial charge in [0.15, 0.2) is 0 Å². The minimum absolute atomic E-state index is 0.0691. The monoisotopic (exact) mass is 403 g/mol. The van der Waals surface area contributed by atoms with Crippen LogP contribution in [0.5, 0.6) is 0 Å². The minimum Gasteiger partial charge on any atom is -0.373 e. The van der Waals surface area contributed by atoms with Gasteiger partial charge in [0.2, 0.25) is 15.9 Å². The molecule has 0 saturated carbocycles. The van der Waals surface area contributed by atoms with Crippen LogP contribution in [0.25, 0.3) is 0 Å². The fraction of sp³-hybridized carbons (Fsp3) is 0.421. The van der Waals surface area contributed by atoms with Gasteiger partial charge in [-0.2, -0.15) is 4.31 Å². The second kappa shape index (κ2) is 8.24. The molecule has 1 aliphatic heterocycles. The molecule has 0 radical (unpaired) electrons. The molecule has 1 aliphatic rings. The fourth-order valence-electron chi connectivity index (χ4n) is 3.24. The van der Waals surface area contributed by atoms with E-state index in [2.05, 4.69) is 15.3 Å². The van der Waals surface area contributed by atoms with Crippen LogP contribution in [0.3, 0.4) is 0 Å². The number of sulfonamides is 1. The van der Waals surface area contributed by atoms with E-state index in [0.717, 1.165) is 6.42 Å². The van der Waals surface area contributed by atoms with Crippen molar-refractivity contribution in [2.24, 2.45) is 0 Å². The summed E-state index contributed by atoms with van der Waals surface area (Å²) in [4.78, 5) is 22.5. The van der Waals surface area contributed by atoms with E-state index in [1.807, 2.05) is 0 Å². The third kappa shape index (κ3) is 4.15. The van der Waals surface area contributed by atoms with Gasteiger partial charge in [-0.3, -0.25) is 4.79 Å². The van der Waals surface area contributed by atoms with Crippen LogP contribution in [0.2, 0.25) is 0 Å². The van der Waals surface area contributed by atoms with Crippen molar-refractivity contribution in [1.82, 2.24) is 19.2 Å². The van der Waals surface area contributed by atoms with Gasteiger partial charge in [-0.15, -0.1) is 0 Å². The smallest absolute Gasteiger partial charge is 0.243 e. The van der Waals surface area contributed by atoms with Crippen molar-refractivity contribution in [2.75, 3.05) is 26.0 Å². The molecule has 0 aliphatic carbocycles. The molecule has 1 atom stereocenters. The summed E-state index contributed by atoms with van der Waals surface area (Å²) in [6.45, 7) is 2.25. The number of hydrogen-bond donors (Lipinski definition) is 1. The maximum absolute atomic E-state index is 13.1. The Balaban J connectivity index is 1.96. The van der Waals surface area contributed by atoms with Gasteiger partial charge in [0.1, 0.15) is 11.6 Å². The van der Waals surface area contributed by atoms with E-state index in [-0.39, 0.29) is 10.8 Å². The average Bonchev–Trinajstić information content (AvgIpc) is 3.19. The minimum atomic E-state index is -3.64. The van der Waals surface area contributed by atoms with E-state index in [1.165, 1.54) is 11.2 Å². The molecule has 1 aromatic carbocycles. The van der Waals surface area contributed by atoms with Crippen LogP contribution in [0, 0.1) is 0 Å². The van der Waals surface area contributed by atoms with E-state index in [0.29, 0.717) is 36.8 Å². The number of amides is 1. The fourth-order valence-corrected chi connectivity index (χ4v) is 4.92. The first-order valence-electron chi connectivity index (χ1n) is 9.17. The molecule has 2 heterocycles. The number of nitrogens with zero attached hydrogens (tertiary/aromatic N) is 4. The molecule has 2 aromatic rings. The van der Waals surface area contributed by atoms with Crippen LogP contribution in [0.4, 0.5) is 5.82 Å². The molecule has 0 unspecified atom stereocenters. The summed E-state index contributed by atoms with van der Waals surface area (Å²) < 4.78 is 27.7. The Hall–Kier alpha value is -2.52. The lowest BCUT2D eigenvalue weighted by atomic mass is 10.2. The summed E-state index contributed by atoms with van der Waals surface area (Å²) in [7, 11) is -0.190. The number of benzene rings is 1. The van der Waals surface area contributed by atoms with Gasteiger partial charge in [-0.05, 0) is 25.0 Å². The third-order valence-corrected chi connectivity index (χ3v) is 6.76. The number of carbonyl (C=O) groups is 1. The largest absolute Gasteiger partial charge is 0.373 e. The molecule has 1 fully saturated rings. The van der Waals surface area contributed by atoms with Crippen molar-refractivity contribution in [2.45, 2.75) is 37.2 Å². The number of hydrogen-bond acceptors (Lipinski definition) is 6. The highest BCUT2D eigenvalue weighted by Gasteiger charge is 2.38. The molecule has 0 bridgehead atoms. The van der Waals surface area contributed by atoms with E-state index in [9.17, 15) is 13.2 Å². The predicted octanol–water partition coefficient (Wildman–Crippen LogP) is 2.02. The standard InChI is InChI=1S/C19H25N5O3S/c1-14(25)23(3)13-15-12-18(20-2)22-19(21-15)17-10-7-11-24(17)28(26,27)16-8-5-4-6-9-16/h4-6,8-9,12,17H,7,10-11,13H2,1-3H3,(H,20,21,22)/t17-/m1/s1. The van der Waals surface area contributed by atoms with Crippen molar-refractivity contribution in [3.63, 3.8) is 0 Å². The molecular weight excluding hydrogens is 378 g/mol. The number of nitrogens with one attached hydrogen (secondary N) is 1. The van der Waals surface area contributed by atoms with Crippen molar-refractivity contribution in [3.05, 3.63) is 47.9 Å². The predicted molar refractivity (Wildman–Crippen MR) is 106 cm³/mol. The van der Waals surface area contributed by atoms with Crippen molar-refractivity contribution in [3.8, 4) is 0 Å². The molecule has 1 aromatic heterocycles. The normalized spacial score (nSPS) is 17.5. The SMILES string of the molecule is CNc1cc(CN(C)C(C)=O)nc([C@H]2CCCN2S(=O)(=O)c2ccccc2)n1. The van der Waals surface area contributed by atoms with Gasteiger partial charge in [-0.1, -0.05) is 18.2 Å². The third-order valence-electron chi connectivity index (χ3n) is 4.84. The number of anilines is 1. The zero-order valence-electron chi connectivity index (χ0n) is 16.3. The van der Waals surface area contributed by atoms with Crippen LogP contribution in [-0.4, -0.2) is 54.1 Å². The Morgan fingerprint density at radius 1 is 1.29 bits per heavy atom. The van der Waals surface area contributed by atoms with Crippen LogP contribution in [0.1, 0.15) is 37.3 Å². The van der Waals surface area contributed by atoms with E-state index >= 15 is 0 Å². The molecule has 8 nitrogen and oxygen atoms in total. The number of aromatic nitrogens is 2. The molecule has 9 heteroatoms. The van der Waals surface area contributed by atoms with Gasteiger partial charge in [-0.25, -0.2) is 18.4 Å². The Bertz CT molecular complexity index is 949. The molecule has 1 amide bonds. The zero-order chi connectivity index (χ0) is 20.3. The Morgan fingerprint density at radius 2 is 2.00 bits per heavy atom. The molecule has 0 spiro atoms. The first-order valence-corrected chi connectivity index (χ1v) is 10.6. The summed E-state index contributed by atoms with van der Waals surface area (Å²) in [5, 5.41) is 3.00. The Morgan fingerprint density at radius 3 is 2.64 bits per heavy atom. The van der Waals surface area contributed by atoms with Crippen LogP contribution < -0.4 is 5.32 Å². The summed E-state index contributed by atoms with van der Waals surface area (Å²) >= 11 is 0. The second-order valence-corrected chi connectivity index (χ2v) is 8.71. The number of carbonyl (C=O) groups excluding carboxylic acids is 1. The number of rotatable bonds is 6. The van der Waals surface area contributed by atoms with E-state index < -0.39 is 16.1 Å². The first-order chi connectivity index (χ1) is 13.3. The van der Waals surface area contributed by atoms with Crippen molar-refractivity contribution in [1.29, 1.82) is 0 Å². The lowest BCUT2D eigenvalue weighted by Gasteiger charge is -2.24. The molecule has 1 N–H and O–H groups in total. The highest BCUT2D eigenvalue weighted by Crippen LogP contribution is 2.35. The van der Waals surface area contributed by atoms with Gasteiger partial charge >= 0.3 is 0 Å². The lowest BCUT2D eigenvalue weighted by Crippen LogP contribution is -2.32.